The lowest BCUT2D eigenvalue weighted by atomic mass is 9.94. The van der Waals surface area contributed by atoms with Crippen molar-refractivity contribution in [2.24, 2.45) is 0 Å². The number of ether oxygens (including phenoxy) is 2. The van der Waals surface area contributed by atoms with Gasteiger partial charge in [0.05, 0.1) is 24.1 Å². The number of amides is 4. The number of aryl methyl sites for hydroxylation is 2. The fourth-order valence-electron chi connectivity index (χ4n) is 5.12. The highest BCUT2D eigenvalue weighted by Crippen LogP contribution is 2.32. The van der Waals surface area contributed by atoms with Gasteiger partial charge in [0, 0.05) is 24.3 Å². The number of nitrogens with one attached hydrogen (secondary N) is 3. The van der Waals surface area contributed by atoms with Crippen LogP contribution in [0.4, 0.5) is 16.2 Å². The number of halogens is 1. The summed E-state index contributed by atoms with van der Waals surface area (Å²) in [5.41, 5.74) is 2.78. The Morgan fingerprint density at radius 2 is 1.88 bits per heavy atom. The Bertz CT molecular complexity index is 1420. The number of anilines is 2. The molecule has 11 nitrogen and oxygen atoms in total. The van der Waals surface area contributed by atoms with Crippen molar-refractivity contribution in [2.75, 3.05) is 24.3 Å². The number of aromatic nitrogens is 1. The number of likely N-dealkylation sites (N-methyl/N-ethyl adjacent to an activating group) is 1. The molecule has 12 heteroatoms. The molecule has 216 valence electrons. The second-order valence-electron chi connectivity index (χ2n) is 10.3. The Morgan fingerprint density at radius 3 is 2.61 bits per heavy atom. The first-order valence-corrected chi connectivity index (χ1v) is 13.8. The van der Waals surface area contributed by atoms with Crippen molar-refractivity contribution < 1.29 is 28.4 Å². The van der Waals surface area contributed by atoms with Crippen LogP contribution in [0.1, 0.15) is 46.6 Å². The Hall–Kier alpha value is -4.09. The van der Waals surface area contributed by atoms with Crippen LogP contribution in [0.25, 0.3) is 0 Å². The van der Waals surface area contributed by atoms with Crippen LogP contribution in [0.2, 0.25) is 5.02 Å². The molecule has 0 saturated carbocycles. The highest BCUT2D eigenvalue weighted by Gasteiger charge is 2.39. The summed E-state index contributed by atoms with van der Waals surface area (Å²) in [6.07, 6.45) is 0.840. The molecule has 2 aliphatic heterocycles. The van der Waals surface area contributed by atoms with Gasteiger partial charge in [-0.3, -0.25) is 9.59 Å². The summed E-state index contributed by atoms with van der Waals surface area (Å²) in [5, 5.41) is 12.9. The van der Waals surface area contributed by atoms with E-state index in [4.69, 9.17) is 25.6 Å². The number of carbonyl (C=O) groups is 3. The summed E-state index contributed by atoms with van der Waals surface area (Å²) in [4.78, 5) is 40.3. The SMILES string of the molecule is Cc1noc(C)c1NC(=O)Nc1ccc2c(c1)C(=O)N(C)[C@H]1CC[C@@H](CC(=O)NCc3ccc(Cl)cc3)O[C@@H]1CO2. The molecule has 41 heavy (non-hydrogen) atoms. The summed E-state index contributed by atoms with van der Waals surface area (Å²) >= 11 is 5.92. The zero-order valence-electron chi connectivity index (χ0n) is 23.0. The third kappa shape index (κ3) is 6.63. The van der Waals surface area contributed by atoms with Gasteiger partial charge in [-0.25, -0.2) is 4.79 Å². The van der Waals surface area contributed by atoms with Crippen LogP contribution in [0, 0.1) is 13.8 Å². The largest absolute Gasteiger partial charge is 0.490 e. The number of carbonyl (C=O) groups excluding carboxylic acids is 3. The molecule has 1 aromatic heterocycles. The normalized spacial score (nSPS) is 20.1. The average molecular weight is 582 g/mol. The zero-order chi connectivity index (χ0) is 29.1. The van der Waals surface area contributed by atoms with E-state index in [0.29, 0.717) is 58.6 Å². The van der Waals surface area contributed by atoms with Gasteiger partial charge < -0.3 is 34.8 Å². The van der Waals surface area contributed by atoms with Crippen LogP contribution in [-0.4, -0.2) is 59.8 Å². The Balaban J connectivity index is 1.20. The number of hydrogen-bond acceptors (Lipinski definition) is 7. The van der Waals surface area contributed by atoms with E-state index in [-0.39, 0.29) is 37.0 Å². The molecular formula is C29H32ClN5O6. The molecule has 2 aliphatic rings. The van der Waals surface area contributed by atoms with Crippen LogP contribution in [0.5, 0.6) is 5.75 Å². The third-order valence-electron chi connectivity index (χ3n) is 7.36. The van der Waals surface area contributed by atoms with Crippen LogP contribution in [0.3, 0.4) is 0 Å². The van der Waals surface area contributed by atoms with Crippen LogP contribution < -0.4 is 20.7 Å². The van der Waals surface area contributed by atoms with E-state index >= 15 is 0 Å². The molecule has 5 rings (SSSR count). The fraction of sp³-hybridized carbons (Fsp3) is 0.379. The van der Waals surface area contributed by atoms with E-state index in [1.165, 1.54) is 0 Å². The smallest absolute Gasteiger partial charge is 0.323 e. The molecule has 0 spiro atoms. The maximum atomic E-state index is 13.5. The van der Waals surface area contributed by atoms with E-state index < -0.39 is 12.1 Å². The minimum absolute atomic E-state index is 0.108. The van der Waals surface area contributed by atoms with Crippen molar-refractivity contribution in [3.63, 3.8) is 0 Å². The average Bonchev–Trinajstić information content (AvgIpc) is 3.27. The molecular weight excluding hydrogens is 550 g/mol. The predicted octanol–water partition coefficient (Wildman–Crippen LogP) is 4.68. The molecule has 0 aliphatic carbocycles. The van der Waals surface area contributed by atoms with Crippen molar-refractivity contribution in [3.8, 4) is 5.75 Å². The van der Waals surface area contributed by atoms with E-state index in [2.05, 4.69) is 21.1 Å². The lowest BCUT2D eigenvalue weighted by Gasteiger charge is -2.42. The summed E-state index contributed by atoms with van der Waals surface area (Å²) in [7, 11) is 1.74. The maximum Gasteiger partial charge on any atom is 0.323 e. The monoisotopic (exact) mass is 581 g/mol. The molecule has 0 radical (unpaired) electrons. The summed E-state index contributed by atoms with van der Waals surface area (Å²) in [6, 6.07) is 11.5. The molecule has 1 saturated heterocycles. The second kappa shape index (κ2) is 12.2. The van der Waals surface area contributed by atoms with E-state index in [1.807, 2.05) is 12.1 Å². The van der Waals surface area contributed by atoms with Crippen molar-refractivity contribution >= 4 is 40.8 Å². The van der Waals surface area contributed by atoms with Gasteiger partial charge in [0.2, 0.25) is 5.91 Å². The van der Waals surface area contributed by atoms with Gasteiger partial charge in [-0.1, -0.05) is 28.9 Å². The number of nitrogens with zero attached hydrogens (tertiary/aromatic N) is 2. The topological polar surface area (TPSA) is 135 Å². The van der Waals surface area contributed by atoms with Gasteiger partial charge in [-0.2, -0.15) is 0 Å². The molecule has 0 unspecified atom stereocenters. The lowest BCUT2D eigenvalue weighted by Crippen LogP contribution is -2.53. The first kappa shape index (κ1) is 28.4. The van der Waals surface area contributed by atoms with Gasteiger partial charge >= 0.3 is 6.03 Å². The molecule has 0 bridgehead atoms. The maximum absolute atomic E-state index is 13.5. The number of fused-ring (bicyclic) bond motifs is 2. The molecule has 3 heterocycles. The minimum Gasteiger partial charge on any atom is -0.490 e. The first-order chi connectivity index (χ1) is 19.7. The minimum atomic E-state index is -0.490. The highest BCUT2D eigenvalue weighted by atomic mass is 35.5. The molecule has 3 aromatic rings. The first-order valence-electron chi connectivity index (χ1n) is 13.4. The van der Waals surface area contributed by atoms with Crippen molar-refractivity contribution in [3.05, 3.63) is 70.1 Å². The predicted molar refractivity (Wildman–Crippen MR) is 152 cm³/mol. The van der Waals surface area contributed by atoms with Gasteiger partial charge in [-0.05, 0) is 62.6 Å². The number of rotatable bonds is 6. The van der Waals surface area contributed by atoms with Crippen LogP contribution in [0.15, 0.2) is 47.0 Å². The number of hydrogen-bond donors (Lipinski definition) is 3. The quantitative estimate of drug-likeness (QED) is 0.385. The fourth-order valence-corrected chi connectivity index (χ4v) is 5.25. The molecule has 3 N–H and O–H groups in total. The third-order valence-corrected chi connectivity index (χ3v) is 7.61. The molecule has 1 fully saturated rings. The van der Waals surface area contributed by atoms with Gasteiger partial charge in [0.1, 0.15) is 29.8 Å². The van der Waals surface area contributed by atoms with Crippen molar-refractivity contribution in [2.45, 2.75) is 57.9 Å². The van der Waals surface area contributed by atoms with Crippen LogP contribution >= 0.6 is 11.6 Å². The van der Waals surface area contributed by atoms with Crippen molar-refractivity contribution in [1.29, 1.82) is 0 Å². The zero-order valence-corrected chi connectivity index (χ0v) is 23.8. The summed E-state index contributed by atoms with van der Waals surface area (Å²) in [6.45, 7) is 4.06. The lowest BCUT2D eigenvalue weighted by molar-refractivity contribution is -0.134. The summed E-state index contributed by atoms with van der Waals surface area (Å²) < 4.78 is 17.4. The molecule has 4 amide bonds. The van der Waals surface area contributed by atoms with Gasteiger partial charge in [0.15, 0.2) is 5.76 Å². The van der Waals surface area contributed by atoms with Gasteiger partial charge in [0.25, 0.3) is 5.91 Å². The van der Waals surface area contributed by atoms with E-state index in [1.54, 1.807) is 56.1 Å². The molecule has 3 atom stereocenters. The van der Waals surface area contributed by atoms with E-state index in [9.17, 15) is 14.4 Å². The standard InChI is InChI=1S/C29H32ClN5O6/c1-16-27(17(2)41-34-16)33-29(38)32-20-8-11-24-22(12-20)28(37)35(3)23-10-9-21(40-25(23)15-39-24)13-26(36)31-14-18-4-6-19(30)7-5-18/h4-8,11-12,21,23,25H,9-10,13-15H2,1-3H3,(H,31,36)(H2,32,33,38)/t21-,23-,25+/m0/s1. The number of benzene rings is 2. The second-order valence-corrected chi connectivity index (χ2v) is 10.7. The van der Waals surface area contributed by atoms with E-state index in [0.717, 1.165) is 5.56 Å². The Morgan fingerprint density at radius 1 is 1.10 bits per heavy atom. The van der Waals surface area contributed by atoms with Crippen LogP contribution in [-0.2, 0) is 16.1 Å². The Kier molecular flexibility index (Phi) is 8.46. The van der Waals surface area contributed by atoms with Crippen molar-refractivity contribution in [1.82, 2.24) is 15.4 Å². The van der Waals surface area contributed by atoms with Gasteiger partial charge in [-0.15, -0.1) is 0 Å². The summed E-state index contributed by atoms with van der Waals surface area (Å²) in [5.74, 6) is 0.533. The Labute approximate surface area is 242 Å². The molecule has 2 aromatic carbocycles. The highest BCUT2D eigenvalue weighted by molar-refractivity contribution is 6.30. The number of urea groups is 1.